The van der Waals surface area contributed by atoms with Gasteiger partial charge in [-0.25, -0.2) is 0 Å². The van der Waals surface area contributed by atoms with Gasteiger partial charge in [0.25, 0.3) is 0 Å². The summed E-state index contributed by atoms with van der Waals surface area (Å²) >= 11 is 0. The van der Waals surface area contributed by atoms with E-state index in [2.05, 4.69) is 30.3 Å². The Hall–Kier alpha value is -1.80. The molecule has 0 saturated heterocycles. The molecule has 3 rings (SSSR count). The monoisotopic (exact) mass is 239 g/mol. The highest BCUT2D eigenvalue weighted by molar-refractivity contribution is 5.37. The Morgan fingerprint density at radius 2 is 1.72 bits per heavy atom. The average Bonchev–Trinajstić information content (AvgIpc) is 2.40. The molecule has 0 radical (unpaired) electrons. The number of fused-ring (bicyclic) bond motifs is 1. The molecule has 18 heavy (non-hydrogen) atoms. The van der Waals surface area contributed by atoms with Crippen molar-refractivity contribution in [1.82, 2.24) is 0 Å². The molecule has 0 aromatic heterocycles. The quantitative estimate of drug-likeness (QED) is 0.874. The fraction of sp³-hybridized carbons (Fsp3) is 0.250. The van der Waals surface area contributed by atoms with E-state index in [9.17, 15) is 0 Å². The smallest absolute Gasteiger partial charge is 0.124 e. The lowest BCUT2D eigenvalue weighted by Gasteiger charge is -2.30. The SMILES string of the molecule is NC1CC(Cc2ccccc2)Oc2ccccc21. The van der Waals surface area contributed by atoms with E-state index in [4.69, 9.17) is 10.5 Å². The van der Waals surface area contributed by atoms with Crippen LogP contribution in [0.4, 0.5) is 0 Å². The van der Waals surface area contributed by atoms with Gasteiger partial charge in [-0.2, -0.15) is 0 Å². The topological polar surface area (TPSA) is 35.2 Å². The van der Waals surface area contributed by atoms with Crippen molar-refractivity contribution in [3.8, 4) is 5.75 Å². The molecule has 0 aliphatic carbocycles. The molecule has 2 aromatic carbocycles. The highest BCUT2D eigenvalue weighted by Gasteiger charge is 2.25. The van der Waals surface area contributed by atoms with E-state index in [1.807, 2.05) is 24.3 Å². The molecular formula is C16H17NO. The first-order chi connectivity index (χ1) is 8.83. The van der Waals surface area contributed by atoms with E-state index in [0.717, 1.165) is 24.2 Å². The van der Waals surface area contributed by atoms with E-state index < -0.39 is 0 Å². The van der Waals surface area contributed by atoms with E-state index >= 15 is 0 Å². The van der Waals surface area contributed by atoms with Crippen LogP contribution in [0.15, 0.2) is 54.6 Å². The minimum absolute atomic E-state index is 0.0867. The second-order valence-electron chi connectivity index (χ2n) is 4.81. The Kier molecular flexibility index (Phi) is 3.03. The molecular weight excluding hydrogens is 222 g/mol. The van der Waals surface area contributed by atoms with Gasteiger partial charge in [0, 0.05) is 24.4 Å². The molecule has 0 amide bonds. The Morgan fingerprint density at radius 3 is 2.56 bits per heavy atom. The summed E-state index contributed by atoms with van der Waals surface area (Å²) in [5.74, 6) is 0.942. The first kappa shape index (κ1) is 11.3. The Bertz CT molecular complexity index is 524. The predicted molar refractivity (Wildman–Crippen MR) is 72.5 cm³/mol. The van der Waals surface area contributed by atoms with Crippen LogP contribution in [0.3, 0.4) is 0 Å². The van der Waals surface area contributed by atoms with Crippen molar-refractivity contribution in [3.05, 3.63) is 65.7 Å². The highest BCUT2D eigenvalue weighted by atomic mass is 16.5. The first-order valence-corrected chi connectivity index (χ1v) is 6.38. The van der Waals surface area contributed by atoms with Gasteiger partial charge in [0.05, 0.1) is 0 Å². The zero-order valence-corrected chi connectivity index (χ0v) is 10.3. The van der Waals surface area contributed by atoms with Crippen LogP contribution in [0.25, 0.3) is 0 Å². The molecule has 92 valence electrons. The van der Waals surface area contributed by atoms with Crippen LogP contribution in [-0.4, -0.2) is 6.10 Å². The van der Waals surface area contributed by atoms with Crippen molar-refractivity contribution in [3.63, 3.8) is 0 Å². The second kappa shape index (κ2) is 4.83. The summed E-state index contributed by atoms with van der Waals surface area (Å²) in [4.78, 5) is 0. The number of nitrogens with two attached hydrogens (primary N) is 1. The van der Waals surface area contributed by atoms with E-state index in [0.29, 0.717) is 0 Å². The summed E-state index contributed by atoms with van der Waals surface area (Å²) in [6, 6.07) is 18.6. The predicted octanol–water partition coefficient (Wildman–Crippen LogP) is 3.08. The maximum Gasteiger partial charge on any atom is 0.124 e. The molecule has 0 bridgehead atoms. The van der Waals surface area contributed by atoms with Crippen molar-refractivity contribution in [2.45, 2.75) is 25.0 Å². The molecule has 0 spiro atoms. The molecule has 2 nitrogen and oxygen atoms in total. The van der Waals surface area contributed by atoms with E-state index in [-0.39, 0.29) is 12.1 Å². The lowest BCUT2D eigenvalue weighted by atomic mass is 9.94. The van der Waals surface area contributed by atoms with Crippen molar-refractivity contribution in [1.29, 1.82) is 0 Å². The molecule has 2 atom stereocenters. The van der Waals surface area contributed by atoms with E-state index in [1.54, 1.807) is 0 Å². The summed E-state index contributed by atoms with van der Waals surface area (Å²) in [5, 5.41) is 0. The normalized spacial score (nSPS) is 22.1. The van der Waals surface area contributed by atoms with Gasteiger partial charge in [-0.15, -0.1) is 0 Å². The lowest BCUT2D eigenvalue weighted by Crippen LogP contribution is -2.31. The van der Waals surface area contributed by atoms with Crippen LogP contribution in [0.2, 0.25) is 0 Å². The molecule has 2 N–H and O–H groups in total. The largest absolute Gasteiger partial charge is 0.490 e. The van der Waals surface area contributed by atoms with Gasteiger partial charge in [0.1, 0.15) is 11.9 Å². The number of rotatable bonds is 2. The highest BCUT2D eigenvalue weighted by Crippen LogP contribution is 2.33. The van der Waals surface area contributed by atoms with Gasteiger partial charge < -0.3 is 10.5 Å². The van der Waals surface area contributed by atoms with Crippen molar-refractivity contribution < 1.29 is 4.74 Å². The van der Waals surface area contributed by atoms with Gasteiger partial charge in [-0.1, -0.05) is 48.5 Å². The van der Waals surface area contributed by atoms with Crippen molar-refractivity contribution >= 4 is 0 Å². The van der Waals surface area contributed by atoms with Crippen LogP contribution in [-0.2, 0) is 6.42 Å². The van der Waals surface area contributed by atoms with Gasteiger partial charge in [-0.3, -0.25) is 0 Å². The van der Waals surface area contributed by atoms with Gasteiger partial charge in [0.15, 0.2) is 0 Å². The molecule has 2 heteroatoms. The fourth-order valence-electron chi connectivity index (χ4n) is 2.53. The standard InChI is InChI=1S/C16H17NO/c17-15-11-13(10-12-6-2-1-3-7-12)18-16-9-5-4-8-14(15)16/h1-9,13,15H,10-11,17H2. The maximum atomic E-state index is 6.21. The minimum atomic E-state index is 0.0867. The third-order valence-corrected chi connectivity index (χ3v) is 3.44. The third-order valence-electron chi connectivity index (χ3n) is 3.44. The number of hydrogen-bond donors (Lipinski definition) is 1. The molecule has 0 fully saturated rings. The molecule has 2 unspecified atom stereocenters. The zero-order valence-electron chi connectivity index (χ0n) is 10.3. The second-order valence-corrected chi connectivity index (χ2v) is 4.81. The summed E-state index contributed by atoms with van der Waals surface area (Å²) in [5.41, 5.74) is 8.64. The molecule has 2 aromatic rings. The number of hydrogen-bond acceptors (Lipinski definition) is 2. The minimum Gasteiger partial charge on any atom is -0.490 e. The summed E-state index contributed by atoms with van der Waals surface area (Å²) < 4.78 is 6.03. The number of para-hydroxylation sites is 1. The van der Waals surface area contributed by atoms with E-state index in [1.165, 1.54) is 5.56 Å². The maximum absolute atomic E-state index is 6.21. The van der Waals surface area contributed by atoms with Crippen LogP contribution in [0.5, 0.6) is 5.75 Å². The molecule has 1 aliphatic rings. The van der Waals surface area contributed by atoms with Crippen LogP contribution >= 0.6 is 0 Å². The molecule has 0 saturated carbocycles. The number of ether oxygens (including phenoxy) is 1. The summed E-state index contributed by atoms with van der Waals surface area (Å²) in [6.07, 6.45) is 1.98. The number of benzene rings is 2. The Balaban J connectivity index is 1.78. The van der Waals surface area contributed by atoms with Gasteiger partial charge >= 0.3 is 0 Å². The summed E-state index contributed by atoms with van der Waals surface area (Å²) in [6.45, 7) is 0. The van der Waals surface area contributed by atoms with Gasteiger partial charge in [0.2, 0.25) is 0 Å². The lowest BCUT2D eigenvalue weighted by molar-refractivity contribution is 0.159. The Morgan fingerprint density at radius 1 is 1.00 bits per heavy atom. The van der Waals surface area contributed by atoms with Crippen molar-refractivity contribution in [2.75, 3.05) is 0 Å². The molecule has 1 aliphatic heterocycles. The van der Waals surface area contributed by atoms with Crippen LogP contribution in [0.1, 0.15) is 23.6 Å². The summed E-state index contributed by atoms with van der Waals surface area (Å²) in [7, 11) is 0. The van der Waals surface area contributed by atoms with Crippen molar-refractivity contribution in [2.24, 2.45) is 5.73 Å². The fourth-order valence-corrected chi connectivity index (χ4v) is 2.53. The average molecular weight is 239 g/mol. The molecule has 1 heterocycles. The van der Waals surface area contributed by atoms with Crippen LogP contribution < -0.4 is 10.5 Å². The Labute approximate surface area is 107 Å². The van der Waals surface area contributed by atoms with Crippen LogP contribution in [0, 0.1) is 0 Å². The third kappa shape index (κ3) is 2.24. The first-order valence-electron chi connectivity index (χ1n) is 6.38. The zero-order chi connectivity index (χ0) is 12.4. The van der Waals surface area contributed by atoms with Gasteiger partial charge in [-0.05, 0) is 11.6 Å².